The Bertz CT molecular complexity index is 1140. The van der Waals surface area contributed by atoms with E-state index in [1.807, 2.05) is 25.1 Å². The van der Waals surface area contributed by atoms with Crippen LogP contribution in [0.4, 0.5) is 5.82 Å². The number of hydrogen-bond donors (Lipinski definition) is 1. The molecule has 0 radical (unpaired) electrons. The summed E-state index contributed by atoms with van der Waals surface area (Å²) in [6.45, 7) is 4.71. The van der Waals surface area contributed by atoms with Gasteiger partial charge >= 0.3 is 0 Å². The fraction of sp³-hybridized carbons (Fsp3) is 0.273. The van der Waals surface area contributed by atoms with Gasteiger partial charge in [-0.15, -0.1) is 0 Å². The van der Waals surface area contributed by atoms with Crippen molar-refractivity contribution < 1.29 is 0 Å². The lowest BCUT2D eigenvalue weighted by molar-refractivity contribution is 0.710. The number of pyridine rings is 1. The van der Waals surface area contributed by atoms with Crippen LogP contribution < -0.4 is 5.32 Å². The summed E-state index contributed by atoms with van der Waals surface area (Å²) < 4.78 is 2.38. The molecule has 5 rings (SSSR count). The van der Waals surface area contributed by atoms with Gasteiger partial charge in [0.2, 0.25) is 0 Å². The lowest BCUT2D eigenvalue weighted by Gasteiger charge is -2.13. The molecule has 4 aromatic rings. The molecule has 3 heterocycles. The van der Waals surface area contributed by atoms with Gasteiger partial charge < -0.3 is 9.88 Å². The summed E-state index contributed by atoms with van der Waals surface area (Å²) in [6.07, 6.45) is 5.98. The van der Waals surface area contributed by atoms with Crippen molar-refractivity contribution in [1.82, 2.24) is 24.5 Å². The van der Waals surface area contributed by atoms with Gasteiger partial charge in [-0.25, -0.2) is 15.0 Å². The van der Waals surface area contributed by atoms with Crippen molar-refractivity contribution in [2.75, 3.05) is 5.32 Å². The van der Waals surface area contributed by atoms with E-state index < -0.39 is 0 Å². The molecule has 1 aliphatic carbocycles. The van der Waals surface area contributed by atoms with Crippen LogP contribution in [0.3, 0.4) is 0 Å². The lowest BCUT2D eigenvalue weighted by Crippen LogP contribution is -2.11. The summed E-state index contributed by atoms with van der Waals surface area (Å²) >= 11 is 0. The molecule has 6 nitrogen and oxygen atoms in total. The van der Waals surface area contributed by atoms with Gasteiger partial charge in [-0.1, -0.05) is 12.1 Å². The molecule has 0 amide bonds. The number of benzene rings is 1. The van der Waals surface area contributed by atoms with E-state index in [0.29, 0.717) is 18.4 Å². The highest BCUT2D eigenvalue weighted by Gasteiger charge is 2.28. The Morgan fingerprint density at radius 2 is 1.79 bits per heavy atom. The van der Waals surface area contributed by atoms with E-state index in [4.69, 9.17) is 9.97 Å². The molecule has 0 saturated heterocycles. The number of rotatable bonds is 5. The van der Waals surface area contributed by atoms with E-state index >= 15 is 0 Å². The maximum atomic E-state index is 4.87. The molecule has 0 atom stereocenters. The zero-order chi connectivity index (χ0) is 19.1. The van der Waals surface area contributed by atoms with Crippen LogP contribution in [-0.2, 0) is 6.54 Å². The molecule has 1 N–H and O–H groups in total. The number of hydrogen-bond acceptors (Lipinski definition) is 5. The number of nitrogens with zero attached hydrogens (tertiary/aromatic N) is 5. The minimum Gasteiger partial charge on any atom is -0.362 e. The number of aromatic nitrogens is 5. The maximum Gasteiger partial charge on any atom is 0.161 e. The third kappa shape index (κ3) is 3.01. The van der Waals surface area contributed by atoms with Crippen LogP contribution in [0.2, 0.25) is 0 Å². The SMILES string of the molecule is Cc1nc(-c2ccncc2)nc(NCc2nc3ccccc3n2C2CC2)c1C. The molecule has 0 bridgehead atoms. The van der Waals surface area contributed by atoms with Crippen LogP contribution in [0, 0.1) is 13.8 Å². The molecule has 1 fully saturated rings. The van der Waals surface area contributed by atoms with Crippen LogP contribution in [0.15, 0.2) is 48.8 Å². The highest BCUT2D eigenvalue weighted by Crippen LogP contribution is 2.38. The van der Waals surface area contributed by atoms with Crippen LogP contribution in [0.5, 0.6) is 0 Å². The maximum absolute atomic E-state index is 4.87. The Morgan fingerprint density at radius 3 is 2.57 bits per heavy atom. The highest BCUT2D eigenvalue weighted by molar-refractivity contribution is 5.76. The first-order chi connectivity index (χ1) is 13.7. The summed E-state index contributed by atoms with van der Waals surface area (Å²) in [6, 6.07) is 12.8. The molecule has 140 valence electrons. The molecule has 28 heavy (non-hydrogen) atoms. The van der Waals surface area contributed by atoms with Gasteiger partial charge in [-0.3, -0.25) is 4.98 Å². The van der Waals surface area contributed by atoms with Crippen molar-refractivity contribution >= 4 is 16.9 Å². The molecule has 3 aromatic heterocycles. The molecule has 1 saturated carbocycles. The average molecular weight is 370 g/mol. The Morgan fingerprint density at radius 1 is 1.00 bits per heavy atom. The Kier molecular flexibility index (Phi) is 4.04. The van der Waals surface area contributed by atoms with Crippen LogP contribution in [0.1, 0.15) is 36.0 Å². The van der Waals surface area contributed by atoms with Crippen molar-refractivity contribution in [3.63, 3.8) is 0 Å². The molecule has 1 aliphatic rings. The van der Waals surface area contributed by atoms with Gasteiger partial charge in [0.15, 0.2) is 5.82 Å². The first kappa shape index (κ1) is 16.9. The van der Waals surface area contributed by atoms with Gasteiger partial charge in [-0.05, 0) is 51.0 Å². The summed E-state index contributed by atoms with van der Waals surface area (Å²) in [5.41, 5.74) is 5.27. The van der Waals surface area contributed by atoms with Crippen LogP contribution in [-0.4, -0.2) is 24.5 Å². The van der Waals surface area contributed by atoms with Gasteiger partial charge in [0.05, 0.1) is 17.6 Å². The first-order valence-corrected chi connectivity index (χ1v) is 9.66. The third-order valence-corrected chi connectivity index (χ3v) is 5.32. The predicted octanol–water partition coefficient (Wildman–Crippen LogP) is 4.45. The molecule has 0 unspecified atom stereocenters. The minimum absolute atomic E-state index is 0.574. The van der Waals surface area contributed by atoms with Gasteiger partial charge in [0.1, 0.15) is 11.6 Å². The number of imidazole rings is 1. The largest absolute Gasteiger partial charge is 0.362 e. The number of para-hydroxylation sites is 2. The number of anilines is 1. The summed E-state index contributed by atoms with van der Waals surface area (Å²) in [7, 11) is 0. The van der Waals surface area contributed by atoms with Gasteiger partial charge in [-0.2, -0.15) is 0 Å². The third-order valence-electron chi connectivity index (χ3n) is 5.32. The van der Waals surface area contributed by atoms with E-state index in [9.17, 15) is 0 Å². The van der Waals surface area contributed by atoms with Crippen LogP contribution >= 0.6 is 0 Å². The van der Waals surface area contributed by atoms with Crippen molar-refractivity contribution in [3.05, 3.63) is 65.9 Å². The summed E-state index contributed by atoms with van der Waals surface area (Å²) in [4.78, 5) is 18.4. The van der Waals surface area contributed by atoms with Gasteiger partial charge in [0.25, 0.3) is 0 Å². The zero-order valence-electron chi connectivity index (χ0n) is 16.1. The second-order valence-electron chi connectivity index (χ2n) is 7.31. The normalized spacial score (nSPS) is 13.8. The zero-order valence-corrected chi connectivity index (χ0v) is 16.1. The highest BCUT2D eigenvalue weighted by atomic mass is 15.2. The van der Waals surface area contributed by atoms with Crippen molar-refractivity contribution in [2.45, 2.75) is 39.3 Å². The smallest absolute Gasteiger partial charge is 0.161 e. The lowest BCUT2D eigenvalue weighted by atomic mass is 10.2. The number of nitrogens with one attached hydrogen (secondary N) is 1. The molecular weight excluding hydrogens is 348 g/mol. The van der Waals surface area contributed by atoms with Crippen molar-refractivity contribution in [2.24, 2.45) is 0 Å². The average Bonchev–Trinajstić information content (AvgIpc) is 3.49. The van der Waals surface area contributed by atoms with E-state index in [0.717, 1.165) is 34.0 Å². The Labute approximate surface area is 163 Å². The minimum atomic E-state index is 0.574. The molecule has 6 heteroatoms. The molecule has 0 spiro atoms. The Hall–Kier alpha value is -3.28. The van der Waals surface area contributed by atoms with E-state index in [1.165, 1.54) is 18.4 Å². The second kappa shape index (κ2) is 6.71. The summed E-state index contributed by atoms with van der Waals surface area (Å²) in [5, 5.41) is 3.51. The van der Waals surface area contributed by atoms with E-state index in [2.05, 4.69) is 45.0 Å². The monoisotopic (exact) mass is 370 g/mol. The second-order valence-corrected chi connectivity index (χ2v) is 7.31. The first-order valence-electron chi connectivity index (χ1n) is 9.66. The van der Waals surface area contributed by atoms with Crippen molar-refractivity contribution in [3.8, 4) is 11.4 Å². The van der Waals surface area contributed by atoms with E-state index in [-0.39, 0.29) is 0 Å². The van der Waals surface area contributed by atoms with E-state index in [1.54, 1.807) is 12.4 Å². The van der Waals surface area contributed by atoms with Crippen molar-refractivity contribution in [1.29, 1.82) is 0 Å². The molecule has 0 aliphatic heterocycles. The number of aryl methyl sites for hydroxylation is 1. The topological polar surface area (TPSA) is 68.5 Å². The van der Waals surface area contributed by atoms with Crippen LogP contribution in [0.25, 0.3) is 22.4 Å². The fourth-order valence-electron chi connectivity index (χ4n) is 3.55. The molecular formula is C22H22N6. The number of fused-ring (bicyclic) bond motifs is 1. The Balaban J connectivity index is 1.48. The fourth-order valence-corrected chi connectivity index (χ4v) is 3.55. The summed E-state index contributed by atoms with van der Waals surface area (Å²) in [5.74, 6) is 2.63. The predicted molar refractivity (Wildman–Crippen MR) is 110 cm³/mol. The quantitative estimate of drug-likeness (QED) is 0.562. The van der Waals surface area contributed by atoms with Gasteiger partial charge in [0, 0.05) is 35.3 Å². The standard InChI is InChI=1S/C22H22N6/c1-14-15(2)25-22(16-9-11-23-12-10-16)27-21(14)24-13-20-26-18-5-3-4-6-19(18)28(20)17-7-8-17/h3-6,9-12,17H,7-8,13H2,1-2H3,(H,24,25,27). The molecule has 1 aromatic carbocycles.